The van der Waals surface area contributed by atoms with Gasteiger partial charge in [-0.15, -0.1) is 0 Å². The highest BCUT2D eigenvalue weighted by molar-refractivity contribution is 5.95. The summed E-state index contributed by atoms with van der Waals surface area (Å²) in [5.41, 5.74) is 5.35. The molecule has 1 aromatic rings. The highest BCUT2D eigenvalue weighted by Gasteiger charge is 2.36. The van der Waals surface area contributed by atoms with E-state index in [9.17, 15) is 14.3 Å². The number of anilines is 1. The molecule has 110 valence electrons. The molecule has 0 radical (unpaired) electrons. The van der Waals surface area contributed by atoms with Gasteiger partial charge in [0, 0.05) is 11.3 Å². The smallest absolute Gasteiger partial charge is 0.251 e. The first-order valence-electron chi connectivity index (χ1n) is 6.93. The number of rotatable bonds is 3. The maximum atomic E-state index is 13.3. The molecular weight excluding hydrogens is 259 g/mol. The van der Waals surface area contributed by atoms with Crippen LogP contribution in [0.4, 0.5) is 10.1 Å². The van der Waals surface area contributed by atoms with Gasteiger partial charge in [0.2, 0.25) is 0 Å². The van der Waals surface area contributed by atoms with Crippen molar-refractivity contribution in [3.8, 4) is 0 Å². The first kappa shape index (κ1) is 14.8. The van der Waals surface area contributed by atoms with Crippen LogP contribution in [0.25, 0.3) is 0 Å². The van der Waals surface area contributed by atoms with E-state index in [1.165, 1.54) is 12.1 Å². The van der Waals surface area contributed by atoms with Crippen LogP contribution in [0.2, 0.25) is 0 Å². The van der Waals surface area contributed by atoms with Crippen molar-refractivity contribution >= 4 is 11.6 Å². The van der Waals surface area contributed by atoms with E-state index in [-0.39, 0.29) is 23.8 Å². The van der Waals surface area contributed by atoms with E-state index in [0.717, 1.165) is 31.7 Å². The molecule has 1 amide bonds. The van der Waals surface area contributed by atoms with Crippen LogP contribution in [0.1, 0.15) is 43.0 Å². The summed E-state index contributed by atoms with van der Waals surface area (Å²) in [6.45, 7) is 2.00. The lowest BCUT2D eigenvalue weighted by molar-refractivity contribution is 0.0696. The minimum atomic E-state index is -0.601. The zero-order chi connectivity index (χ0) is 14.8. The van der Waals surface area contributed by atoms with Gasteiger partial charge in [0.15, 0.2) is 0 Å². The van der Waals surface area contributed by atoms with E-state index < -0.39 is 11.4 Å². The molecule has 1 saturated carbocycles. The Bertz CT molecular complexity index is 486. The van der Waals surface area contributed by atoms with Crippen molar-refractivity contribution in [2.75, 3.05) is 12.3 Å². The average molecular weight is 280 g/mol. The van der Waals surface area contributed by atoms with Crippen LogP contribution in [0.3, 0.4) is 0 Å². The van der Waals surface area contributed by atoms with Crippen LogP contribution in [0.5, 0.6) is 0 Å². The molecule has 5 heteroatoms. The topological polar surface area (TPSA) is 75.3 Å². The van der Waals surface area contributed by atoms with Gasteiger partial charge in [-0.3, -0.25) is 4.79 Å². The fourth-order valence-corrected chi connectivity index (χ4v) is 3.01. The van der Waals surface area contributed by atoms with E-state index in [1.807, 2.05) is 0 Å². The van der Waals surface area contributed by atoms with Crippen LogP contribution < -0.4 is 11.1 Å². The highest BCUT2D eigenvalue weighted by Crippen LogP contribution is 2.32. The summed E-state index contributed by atoms with van der Waals surface area (Å²) in [6, 6.07) is 3.76. The second kappa shape index (κ2) is 5.79. The third-order valence-electron chi connectivity index (χ3n) is 3.96. The fraction of sp³-hybridized carbons (Fsp3) is 0.533. The molecule has 1 aromatic carbocycles. The molecule has 2 rings (SSSR count). The number of aliphatic hydroxyl groups is 1. The molecule has 0 aliphatic heterocycles. The average Bonchev–Trinajstić information content (AvgIpc) is 2.37. The van der Waals surface area contributed by atoms with Crippen molar-refractivity contribution in [3.05, 3.63) is 29.6 Å². The molecule has 0 spiro atoms. The van der Waals surface area contributed by atoms with Gasteiger partial charge in [-0.05, 0) is 37.0 Å². The molecule has 2 atom stereocenters. The van der Waals surface area contributed by atoms with Gasteiger partial charge in [-0.25, -0.2) is 4.39 Å². The summed E-state index contributed by atoms with van der Waals surface area (Å²) in [5.74, 6) is -0.474. The second-order valence-electron chi connectivity index (χ2n) is 5.87. The van der Waals surface area contributed by atoms with E-state index >= 15 is 0 Å². The summed E-state index contributed by atoms with van der Waals surface area (Å²) < 4.78 is 13.3. The second-order valence-corrected chi connectivity index (χ2v) is 5.87. The number of aliphatic hydroxyl groups excluding tert-OH is 1. The number of amides is 1. The number of carbonyl (C=O) groups is 1. The minimum absolute atomic E-state index is 0.103. The van der Waals surface area contributed by atoms with Crippen LogP contribution in [-0.4, -0.2) is 23.2 Å². The van der Waals surface area contributed by atoms with Gasteiger partial charge in [0.1, 0.15) is 5.82 Å². The lowest BCUT2D eigenvalue weighted by Gasteiger charge is -2.39. The molecule has 4 nitrogen and oxygen atoms in total. The van der Waals surface area contributed by atoms with Crippen molar-refractivity contribution in [3.63, 3.8) is 0 Å². The molecule has 2 unspecified atom stereocenters. The first-order valence-corrected chi connectivity index (χ1v) is 6.93. The molecule has 0 saturated heterocycles. The Morgan fingerprint density at radius 3 is 2.90 bits per heavy atom. The number of carbonyl (C=O) groups excluding carboxylic acids is 1. The summed E-state index contributed by atoms with van der Waals surface area (Å²) in [6.07, 6.45) is 3.54. The van der Waals surface area contributed by atoms with Crippen LogP contribution in [0.15, 0.2) is 18.2 Å². The number of nitrogen functional groups attached to an aromatic ring is 1. The molecule has 1 aliphatic carbocycles. The Labute approximate surface area is 118 Å². The Morgan fingerprint density at radius 2 is 2.30 bits per heavy atom. The van der Waals surface area contributed by atoms with Gasteiger partial charge in [0.25, 0.3) is 5.91 Å². The Kier molecular flexibility index (Phi) is 4.28. The lowest BCUT2D eigenvalue weighted by atomic mass is 9.76. The molecule has 1 fully saturated rings. The van der Waals surface area contributed by atoms with Crippen molar-refractivity contribution in [1.29, 1.82) is 0 Å². The normalized spacial score (nSPS) is 26.2. The van der Waals surface area contributed by atoms with Gasteiger partial charge >= 0.3 is 0 Å². The fourth-order valence-electron chi connectivity index (χ4n) is 3.01. The van der Waals surface area contributed by atoms with Crippen LogP contribution in [0, 0.1) is 11.7 Å². The third kappa shape index (κ3) is 3.28. The lowest BCUT2D eigenvalue weighted by Crippen LogP contribution is -2.53. The van der Waals surface area contributed by atoms with Crippen molar-refractivity contribution in [1.82, 2.24) is 5.32 Å². The quantitative estimate of drug-likeness (QED) is 0.742. The van der Waals surface area contributed by atoms with Crippen molar-refractivity contribution in [2.24, 2.45) is 5.92 Å². The molecule has 0 aromatic heterocycles. The number of nitrogens with two attached hydrogens (primary N) is 1. The Morgan fingerprint density at radius 1 is 1.55 bits per heavy atom. The Balaban J connectivity index is 2.16. The Hall–Kier alpha value is -1.62. The summed E-state index contributed by atoms with van der Waals surface area (Å²) in [4.78, 5) is 12.2. The molecule has 20 heavy (non-hydrogen) atoms. The summed E-state index contributed by atoms with van der Waals surface area (Å²) in [5, 5.41) is 12.5. The standard InChI is InChI=1S/C15H21FN2O2/c1-10-3-2-4-15(8-10,9-19)18-14(20)11-5-12(16)7-13(17)6-11/h5-7,10,19H,2-4,8-9,17H2,1H3,(H,18,20). The van der Waals surface area contributed by atoms with E-state index in [1.54, 1.807) is 0 Å². The number of hydrogen-bond acceptors (Lipinski definition) is 3. The number of halogens is 1. The first-order chi connectivity index (χ1) is 9.44. The van der Waals surface area contributed by atoms with E-state index in [4.69, 9.17) is 5.73 Å². The van der Waals surface area contributed by atoms with Crippen molar-refractivity contribution in [2.45, 2.75) is 38.1 Å². The molecule has 0 bridgehead atoms. The van der Waals surface area contributed by atoms with Gasteiger partial charge in [-0.1, -0.05) is 19.8 Å². The van der Waals surface area contributed by atoms with Crippen LogP contribution >= 0.6 is 0 Å². The van der Waals surface area contributed by atoms with Gasteiger partial charge in [-0.2, -0.15) is 0 Å². The number of benzene rings is 1. The predicted octanol–water partition coefficient (Wildman–Crippen LogP) is 2.08. The zero-order valence-electron chi connectivity index (χ0n) is 11.7. The molecular formula is C15H21FN2O2. The minimum Gasteiger partial charge on any atom is -0.399 e. The van der Waals surface area contributed by atoms with Crippen molar-refractivity contribution < 1.29 is 14.3 Å². The van der Waals surface area contributed by atoms with E-state index in [2.05, 4.69) is 12.2 Å². The summed E-state index contributed by atoms with van der Waals surface area (Å²) in [7, 11) is 0. The van der Waals surface area contributed by atoms with Gasteiger partial charge < -0.3 is 16.2 Å². The SMILES string of the molecule is CC1CCCC(CO)(NC(=O)c2cc(N)cc(F)c2)C1. The number of hydrogen-bond donors (Lipinski definition) is 3. The monoisotopic (exact) mass is 280 g/mol. The molecule has 4 N–H and O–H groups in total. The zero-order valence-corrected chi connectivity index (χ0v) is 11.7. The summed E-state index contributed by atoms with van der Waals surface area (Å²) >= 11 is 0. The van der Waals surface area contributed by atoms with Crippen LogP contribution in [-0.2, 0) is 0 Å². The molecule has 1 aliphatic rings. The van der Waals surface area contributed by atoms with Gasteiger partial charge in [0.05, 0.1) is 12.1 Å². The van der Waals surface area contributed by atoms with E-state index in [0.29, 0.717) is 5.92 Å². The predicted molar refractivity (Wildman–Crippen MR) is 75.7 cm³/mol. The maximum absolute atomic E-state index is 13.3. The third-order valence-corrected chi connectivity index (χ3v) is 3.96. The number of nitrogens with one attached hydrogen (secondary N) is 1. The largest absolute Gasteiger partial charge is 0.399 e. The maximum Gasteiger partial charge on any atom is 0.251 e. The highest BCUT2D eigenvalue weighted by atomic mass is 19.1. The molecule has 0 heterocycles.